The molecule has 0 spiro atoms. The molecule has 0 aromatic heterocycles. The van der Waals surface area contributed by atoms with Crippen molar-refractivity contribution in [1.29, 1.82) is 0 Å². The second-order valence-electron chi connectivity index (χ2n) is 7.60. The maximum absolute atomic E-state index is 6.70. The maximum Gasteiger partial charge on any atom is 0.460 e. The lowest BCUT2D eigenvalue weighted by Gasteiger charge is -2.25. The molecule has 1 aliphatic rings. The Kier molecular flexibility index (Phi) is 12.8. The third-order valence-electron chi connectivity index (χ3n) is 5.59. The van der Waals surface area contributed by atoms with Crippen molar-refractivity contribution in [3.05, 3.63) is 0 Å². The van der Waals surface area contributed by atoms with Crippen LogP contribution in [0.3, 0.4) is 0 Å². The van der Waals surface area contributed by atoms with Crippen molar-refractivity contribution < 1.29 is 3.79 Å². The van der Waals surface area contributed by atoms with Gasteiger partial charge in [-0.3, -0.25) is 0 Å². The summed E-state index contributed by atoms with van der Waals surface area (Å²) in [6.45, 7) is 13.0. The number of nitrogens with zero attached hydrogens (tertiary/aromatic N) is 1. The molecule has 0 aromatic carbocycles. The predicted octanol–water partition coefficient (Wildman–Crippen LogP) is 5.89. The third-order valence-corrected chi connectivity index (χ3v) is 8.50. The molecule has 2 unspecified atom stereocenters. The molecule has 1 heterocycles. The Balaban J connectivity index is 2.33. The van der Waals surface area contributed by atoms with Crippen LogP contribution in [0.2, 0.25) is 10.6 Å². The first kappa shape index (κ1) is 21.5. The molecule has 136 valence electrons. The van der Waals surface area contributed by atoms with Gasteiger partial charge in [0.1, 0.15) is 0 Å². The van der Waals surface area contributed by atoms with Gasteiger partial charge in [0.05, 0.1) is 0 Å². The summed E-state index contributed by atoms with van der Waals surface area (Å²) in [6.07, 6.45) is 13.0. The lowest BCUT2D eigenvalue weighted by molar-refractivity contribution is 0.149. The van der Waals surface area contributed by atoms with Crippen molar-refractivity contribution in [1.82, 2.24) is 4.90 Å². The van der Waals surface area contributed by atoms with Crippen LogP contribution in [-0.4, -0.2) is 45.1 Å². The molecule has 1 saturated heterocycles. The van der Waals surface area contributed by atoms with Gasteiger partial charge in [0.15, 0.2) is 0 Å². The fraction of sp³-hybridized carbons (Fsp3) is 1.00. The normalized spacial score (nSPS) is 20.1. The van der Waals surface area contributed by atoms with E-state index in [0.29, 0.717) is 6.10 Å². The van der Waals surface area contributed by atoms with Crippen LogP contribution in [0, 0.1) is 5.92 Å². The molecule has 1 aliphatic heterocycles. The van der Waals surface area contributed by atoms with Gasteiger partial charge in [0, 0.05) is 12.6 Å². The third kappa shape index (κ3) is 9.49. The molecule has 0 radical (unpaired) electrons. The van der Waals surface area contributed by atoms with E-state index in [-0.39, 0.29) is 0 Å². The Hall–Kier alpha value is 0.452. The lowest BCUT2D eigenvalue weighted by atomic mass is 10.0. The quantitative estimate of drug-likeness (QED) is 0.289. The summed E-state index contributed by atoms with van der Waals surface area (Å²) in [5.74, 6) is 0.788. The largest absolute Gasteiger partial charge is 0.498 e. The smallest absolute Gasteiger partial charge is 0.460 e. The summed E-state index contributed by atoms with van der Waals surface area (Å²) in [7, 11) is 0. The highest BCUT2D eigenvalue weighted by atomic mass is 27.2. The van der Waals surface area contributed by atoms with E-state index in [2.05, 4.69) is 32.6 Å². The molecule has 0 bridgehead atoms. The summed E-state index contributed by atoms with van der Waals surface area (Å²) in [4.78, 5) is 2.59. The zero-order chi connectivity index (χ0) is 16.9. The van der Waals surface area contributed by atoms with Gasteiger partial charge < -0.3 is 8.69 Å². The minimum absolute atomic E-state index is 0.501. The average Bonchev–Trinajstić information content (AvgIpc) is 3.04. The molecule has 23 heavy (non-hydrogen) atoms. The average molecular weight is 340 g/mol. The van der Waals surface area contributed by atoms with Crippen LogP contribution in [0.1, 0.15) is 85.5 Å². The van der Waals surface area contributed by atoms with Gasteiger partial charge in [0.2, 0.25) is 0 Å². The Morgan fingerprint density at radius 2 is 1.57 bits per heavy atom. The highest BCUT2D eigenvalue weighted by molar-refractivity contribution is 6.51. The van der Waals surface area contributed by atoms with Gasteiger partial charge in [-0.15, -0.1) is 0 Å². The highest BCUT2D eigenvalue weighted by Gasteiger charge is 2.30. The number of rotatable bonds is 14. The highest BCUT2D eigenvalue weighted by Crippen LogP contribution is 2.24. The number of likely N-dealkylation sites (tertiary alicyclic amines) is 1. The minimum atomic E-state index is -0.981. The molecule has 0 N–H and O–H groups in total. The van der Waals surface area contributed by atoms with E-state index >= 15 is 0 Å². The Bertz CT molecular complexity index is 262. The number of unbranched alkanes of at least 4 members (excludes halogenated alkanes) is 6. The standard InChI is InChI=1S/C8H16NO.2C6H13.Al/c1-3-9-5-4-8(6-9)7(2)10;2*1-3-5-6-4-2;/h7-8H,3-6H2,1-2H3;2*1,3-6H2,2H3;/q-1;;;+1. The monoisotopic (exact) mass is 339 g/mol. The second-order valence-corrected chi connectivity index (χ2v) is 10.3. The van der Waals surface area contributed by atoms with E-state index < -0.39 is 14.5 Å². The van der Waals surface area contributed by atoms with Crippen LogP contribution in [0.4, 0.5) is 0 Å². The fourth-order valence-electron chi connectivity index (χ4n) is 3.83. The Morgan fingerprint density at radius 1 is 0.957 bits per heavy atom. The number of hydrogen-bond acceptors (Lipinski definition) is 2. The maximum atomic E-state index is 6.70. The first-order valence-electron chi connectivity index (χ1n) is 10.6. The van der Waals surface area contributed by atoms with Crippen LogP contribution in [0.5, 0.6) is 0 Å². The van der Waals surface area contributed by atoms with Crippen molar-refractivity contribution in [3.63, 3.8) is 0 Å². The van der Waals surface area contributed by atoms with Gasteiger partial charge in [-0.2, -0.15) is 0 Å². The molecule has 0 amide bonds. The minimum Gasteiger partial charge on any atom is -0.498 e. The molecule has 0 aliphatic carbocycles. The molecule has 3 heteroatoms. The number of hydrogen-bond donors (Lipinski definition) is 0. The van der Waals surface area contributed by atoms with Crippen LogP contribution in [0.15, 0.2) is 0 Å². The van der Waals surface area contributed by atoms with E-state index in [9.17, 15) is 0 Å². The zero-order valence-electron chi connectivity index (χ0n) is 16.5. The van der Waals surface area contributed by atoms with E-state index in [1.54, 1.807) is 0 Å². The molecular weight excluding hydrogens is 297 g/mol. The van der Waals surface area contributed by atoms with Crippen LogP contribution < -0.4 is 0 Å². The van der Waals surface area contributed by atoms with Gasteiger partial charge in [-0.25, -0.2) is 0 Å². The van der Waals surface area contributed by atoms with Gasteiger partial charge in [-0.05, 0) is 32.4 Å². The first-order valence-corrected chi connectivity index (χ1v) is 12.7. The molecule has 0 aromatic rings. The van der Waals surface area contributed by atoms with Crippen molar-refractivity contribution in [2.75, 3.05) is 19.6 Å². The topological polar surface area (TPSA) is 12.5 Å². The lowest BCUT2D eigenvalue weighted by Crippen LogP contribution is -2.31. The molecule has 2 atom stereocenters. The summed E-state index contributed by atoms with van der Waals surface area (Å²) < 4.78 is 6.70. The molecular formula is C20H42AlNO. The SMILES string of the molecule is CCCCC[CH2][Al]([CH2]CCCCC)[O]C(C)C1CCN(CC)C1. The Morgan fingerprint density at radius 3 is 2.04 bits per heavy atom. The van der Waals surface area contributed by atoms with Crippen molar-refractivity contribution in [2.24, 2.45) is 5.92 Å². The summed E-state index contributed by atoms with van der Waals surface area (Å²) >= 11 is -0.981. The summed E-state index contributed by atoms with van der Waals surface area (Å²) in [5, 5.41) is 2.83. The van der Waals surface area contributed by atoms with E-state index in [1.807, 2.05) is 0 Å². The van der Waals surface area contributed by atoms with E-state index in [0.717, 1.165) is 5.92 Å². The van der Waals surface area contributed by atoms with Crippen LogP contribution >= 0.6 is 0 Å². The van der Waals surface area contributed by atoms with Crippen LogP contribution in [-0.2, 0) is 3.79 Å². The predicted molar refractivity (Wildman–Crippen MR) is 104 cm³/mol. The fourth-order valence-corrected chi connectivity index (χ4v) is 6.70. The second kappa shape index (κ2) is 13.7. The zero-order valence-corrected chi connectivity index (χ0v) is 17.6. The molecule has 1 rings (SSSR count). The van der Waals surface area contributed by atoms with Gasteiger partial charge in [-0.1, -0.05) is 82.7 Å². The van der Waals surface area contributed by atoms with Crippen LogP contribution in [0.25, 0.3) is 0 Å². The first-order chi connectivity index (χ1) is 11.2. The summed E-state index contributed by atoms with van der Waals surface area (Å²) in [6, 6.07) is 0. The van der Waals surface area contributed by atoms with Gasteiger partial charge in [0.25, 0.3) is 0 Å². The molecule has 0 saturated carbocycles. The van der Waals surface area contributed by atoms with Crippen molar-refractivity contribution >= 4 is 14.5 Å². The molecule has 1 fully saturated rings. The van der Waals surface area contributed by atoms with Gasteiger partial charge >= 0.3 is 14.5 Å². The summed E-state index contributed by atoms with van der Waals surface area (Å²) in [5.41, 5.74) is 0. The van der Waals surface area contributed by atoms with Crippen molar-refractivity contribution in [3.8, 4) is 0 Å². The molecule has 2 nitrogen and oxygen atoms in total. The van der Waals surface area contributed by atoms with E-state index in [4.69, 9.17) is 3.79 Å². The van der Waals surface area contributed by atoms with E-state index in [1.165, 1.54) is 88.0 Å². The Labute approximate surface area is 151 Å². The van der Waals surface area contributed by atoms with Crippen molar-refractivity contribution in [2.45, 2.75) is 102 Å².